The summed E-state index contributed by atoms with van der Waals surface area (Å²) in [5.74, 6) is -0.204. The van der Waals surface area contributed by atoms with Crippen molar-refractivity contribution in [3.8, 4) is 0 Å². The molecule has 2 rings (SSSR count). The number of carbonyl (C=O) groups is 1. The zero-order valence-electron chi connectivity index (χ0n) is 8.80. The minimum atomic E-state index is -0.331. The molecule has 2 nitrogen and oxygen atoms in total. The standard InChI is InChI=1S/C12H13BrFNO/c13-11-8(2-1-3-9(11)14)6-10(16)12(7-15)4-5-12/h1-3H,4-7,15H2. The summed E-state index contributed by atoms with van der Waals surface area (Å²) >= 11 is 3.16. The SMILES string of the molecule is NCC1(C(=O)Cc2cccc(F)c2Br)CC1. The first-order chi connectivity index (χ1) is 7.59. The van der Waals surface area contributed by atoms with Crippen molar-refractivity contribution in [3.63, 3.8) is 0 Å². The van der Waals surface area contributed by atoms with Crippen molar-refractivity contribution >= 4 is 21.7 Å². The van der Waals surface area contributed by atoms with Crippen LogP contribution in [0.4, 0.5) is 4.39 Å². The first-order valence-corrected chi connectivity index (χ1v) is 6.05. The predicted octanol–water partition coefficient (Wildman–Crippen LogP) is 2.44. The number of ketones is 1. The third kappa shape index (κ3) is 2.04. The van der Waals surface area contributed by atoms with Gasteiger partial charge in [-0.05, 0) is 40.4 Å². The Labute approximate surface area is 102 Å². The minimum Gasteiger partial charge on any atom is -0.329 e. The lowest BCUT2D eigenvalue weighted by Crippen LogP contribution is -2.26. The maximum atomic E-state index is 13.2. The fourth-order valence-electron chi connectivity index (χ4n) is 1.79. The van der Waals surface area contributed by atoms with Gasteiger partial charge in [0.15, 0.2) is 0 Å². The molecule has 1 aromatic carbocycles. The molecule has 0 aliphatic heterocycles. The van der Waals surface area contributed by atoms with Crippen LogP contribution in [0, 0.1) is 11.2 Å². The number of rotatable bonds is 4. The number of hydrogen-bond donors (Lipinski definition) is 1. The van der Waals surface area contributed by atoms with Gasteiger partial charge < -0.3 is 5.73 Å². The molecule has 0 spiro atoms. The topological polar surface area (TPSA) is 43.1 Å². The van der Waals surface area contributed by atoms with E-state index in [1.54, 1.807) is 12.1 Å². The van der Waals surface area contributed by atoms with E-state index in [0.717, 1.165) is 12.8 Å². The third-order valence-electron chi connectivity index (χ3n) is 3.22. The number of nitrogens with two attached hydrogens (primary N) is 1. The molecule has 1 saturated carbocycles. The lowest BCUT2D eigenvalue weighted by Gasteiger charge is -2.11. The molecule has 0 bridgehead atoms. The van der Waals surface area contributed by atoms with Crippen molar-refractivity contribution in [1.29, 1.82) is 0 Å². The van der Waals surface area contributed by atoms with Crippen molar-refractivity contribution < 1.29 is 9.18 Å². The van der Waals surface area contributed by atoms with Crippen LogP contribution in [0.3, 0.4) is 0 Å². The zero-order valence-corrected chi connectivity index (χ0v) is 10.4. The number of hydrogen-bond acceptors (Lipinski definition) is 2. The molecule has 0 radical (unpaired) electrons. The number of carbonyl (C=O) groups excluding carboxylic acids is 1. The van der Waals surface area contributed by atoms with Gasteiger partial charge in [0.05, 0.1) is 4.47 Å². The Bertz CT molecular complexity index is 429. The Balaban J connectivity index is 2.15. The van der Waals surface area contributed by atoms with Crippen molar-refractivity contribution in [1.82, 2.24) is 0 Å². The van der Waals surface area contributed by atoms with Gasteiger partial charge in [-0.1, -0.05) is 12.1 Å². The summed E-state index contributed by atoms with van der Waals surface area (Å²) in [7, 11) is 0. The first-order valence-electron chi connectivity index (χ1n) is 5.25. The van der Waals surface area contributed by atoms with Gasteiger partial charge in [-0.3, -0.25) is 4.79 Å². The van der Waals surface area contributed by atoms with Crippen LogP contribution < -0.4 is 5.73 Å². The summed E-state index contributed by atoms with van der Waals surface area (Å²) < 4.78 is 13.6. The zero-order chi connectivity index (χ0) is 11.8. The second-order valence-corrected chi connectivity index (χ2v) is 5.09. The predicted molar refractivity (Wildman–Crippen MR) is 63.5 cm³/mol. The Hall–Kier alpha value is -0.740. The van der Waals surface area contributed by atoms with Crippen LogP contribution >= 0.6 is 15.9 Å². The fourth-order valence-corrected chi connectivity index (χ4v) is 2.20. The number of benzene rings is 1. The second-order valence-electron chi connectivity index (χ2n) is 4.30. The highest BCUT2D eigenvalue weighted by molar-refractivity contribution is 9.10. The van der Waals surface area contributed by atoms with E-state index < -0.39 is 0 Å². The van der Waals surface area contributed by atoms with Crippen LogP contribution in [0.15, 0.2) is 22.7 Å². The van der Waals surface area contributed by atoms with Crippen molar-refractivity contribution in [3.05, 3.63) is 34.1 Å². The number of Topliss-reactive ketones (excluding diaryl/α,β-unsaturated/α-hetero) is 1. The van der Waals surface area contributed by atoms with E-state index in [1.165, 1.54) is 6.07 Å². The quantitative estimate of drug-likeness (QED) is 0.923. The van der Waals surface area contributed by atoms with Gasteiger partial charge >= 0.3 is 0 Å². The van der Waals surface area contributed by atoms with E-state index in [9.17, 15) is 9.18 Å². The highest BCUT2D eigenvalue weighted by Gasteiger charge is 2.47. The van der Waals surface area contributed by atoms with Crippen LogP contribution in [0.25, 0.3) is 0 Å². The van der Waals surface area contributed by atoms with Gasteiger partial charge in [0.1, 0.15) is 11.6 Å². The molecule has 0 saturated heterocycles. The number of halogens is 2. The van der Waals surface area contributed by atoms with E-state index >= 15 is 0 Å². The maximum Gasteiger partial charge on any atom is 0.144 e. The normalized spacial score (nSPS) is 17.2. The Morgan fingerprint density at radius 1 is 1.50 bits per heavy atom. The van der Waals surface area contributed by atoms with Crippen LogP contribution in [0.2, 0.25) is 0 Å². The van der Waals surface area contributed by atoms with Crippen LogP contribution in [-0.2, 0) is 11.2 Å². The van der Waals surface area contributed by atoms with Gasteiger partial charge in [0.25, 0.3) is 0 Å². The molecule has 1 fully saturated rings. The minimum absolute atomic E-state index is 0.126. The molecule has 0 unspecified atom stereocenters. The Morgan fingerprint density at radius 2 is 2.19 bits per heavy atom. The third-order valence-corrected chi connectivity index (χ3v) is 4.11. The van der Waals surface area contributed by atoms with E-state index in [1.807, 2.05) is 0 Å². The molecule has 1 aliphatic rings. The highest BCUT2D eigenvalue weighted by Crippen LogP contribution is 2.46. The molecule has 86 valence electrons. The molecule has 0 aromatic heterocycles. The molecular weight excluding hydrogens is 273 g/mol. The van der Waals surface area contributed by atoms with Gasteiger partial charge in [-0.2, -0.15) is 0 Å². The van der Waals surface area contributed by atoms with Crippen LogP contribution in [0.1, 0.15) is 18.4 Å². The van der Waals surface area contributed by atoms with Gasteiger partial charge in [-0.25, -0.2) is 4.39 Å². The monoisotopic (exact) mass is 285 g/mol. The summed E-state index contributed by atoms with van der Waals surface area (Å²) in [4.78, 5) is 12.0. The lowest BCUT2D eigenvalue weighted by molar-refractivity contribution is -0.123. The fraction of sp³-hybridized carbons (Fsp3) is 0.417. The van der Waals surface area contributed by atoms with Crippen molar-refractivity contribution in [2.45, 2.75) is 19.3 Å². The molecule has 16 heavy (non-hydrogen) atoms. The van der Waals surface area contributed by atoms with Crippen LogP contribution in [0.5, 0.6) is 0 Å². The summed E-state index contributed by atoms with van der Waals surface area (Å²) in [6, 6.07) is 4.75. The van der Waals surface area contributed by atoms with E-state index in [4.69, 9.17) is 5.73 Å². The smallest absolute Gasteiger partial charge is 0.144 e. The van der Waals surface area contributed by atoms with E-state index in [2.05, 4.69) is 15.9 Å². The average Bonchev–Trinajstić information content (AvgIpc) is 3.05. The molecule has 1 aromatic rings. The Kier molecular flexibility index (Phi) is 3.13. The van der Waals surface area contributed by atoms with Gasteiger partial charge in [-0.15, -0.1) is 0 Å². The highest BCUT2D eigenvalue weighted by atomic mass is 79.9. The van der Waals surface area contributed by atoms with Crippen molar-refractivity contribution in [2.75, 3.05) is 6.54 Å². The van der Waals surface area contributed by atoms with Crippen molar-refractivity contribution in [2.24, 2.45) is 11.1 Å². The molecular formula is C12H13BrFNO. The van der Waals surface area contributed by atoms with Gasteiger partial charge in [0.2, 0.25) is 0 Å². The van der Waals surface area contributed by atoms with Gasteiger partial charge in [0, 0.05) is 18.4 Å². The van der Waals surface area contributed by atoms with Crippen LogP contribution in [-0.4, -0.2) is 12.3 Å². The summed E-state index contributed by atoms with van der Waals surface area (Å²) in [6.07, 6.45) is 2.00. The molecule has 1 aliphatic carbocycles. The maximum absolute atomic E-state index is 13.2. The first kappa shape index (κ1) is 11.7. The average molecular weight is 286 g/mol. The lowest BCUT2D eigenvalue weighted by atomic mass is 9.95. The Morgan fingerprint density at radius 3 is 2.75 bits per heavy atom. The largest absolute Gasteiger partial charge is 0.329 e. The second kappa shape index (κ2) is 4.26. The molecule has 0 atom stereocenters. The summed E-state index contributed by atoms with van der Waals surface area (Å²) in [5.41, 5.74) is 5.97. The molecule has 0 heterocycles. The summed E-state index contributed by atoms with van der Waals surface area (Å²) in [6.45, 7) is 0.402. The molecule has 2 N–H and O–H groups in total. The van der Waals surface area contributed by atoms with E-state index in [0.29, 0.717) is 16.6 Å². The molecule has 0 amide bonds. The molecule has 4 heteroatoms. The summed E-state index contributed by atoms with van der Waals surface area (Å²) in [5, 5.41) is 0. The van der Waals surface area contributed by atoms with E-state index in [-0.39, 0.29) is 23.4 Å².